The van der Waals surface area contributed by atoms with Crippen molar-refractivity contribution in [2.45, 2.75) is 6.92 Å². The number of rotatable bonds is 3. The number of hydrogen-bond donors (Lipinski definition) is 0. The van der Waals surface area contributed by atoms with E-state index in [1.807, 2.05) is 12.2 Å². The molecule has 0 fully saturated rings. The van der Waals surface area contributed by atoms with Crippen LogP contribution in [0, 0.1) is 0 Å². The van der Waals surface area contributed by atoms with Gasteiger partial charge in [0, 0.05) is 5.33 Å². The maximum atomic E-state index is 10.3. The predicted octanol–water partition coefficient (Wildman–Crippen LogP) is 2.08. The van der Waals surface area contributed by atoms with Gasteiger partial charge < -0.3 is 0 Å². The second-order valence-electron chi connectivity index (χ2n) is 1.55. The van der Waals surface area contributed by atoms with Crippen LogP contribution in [-0.4, -0.2) is 11.1 Å². The molecule has 0 aromatic rings. The molecule has 9 heavy (non-hydrogen) atoms. The normalized spacial score (nSPS) is 11.3. The second-order valence-corrected chi connectivity index (χ2v) is 2.20. The third kappa shape index (κ3) is 7.63. The molecule has 0 atom stereocenters. The van der Waals surface area contributed by atoms with Crippen molar-refractivity contribution in [1.29, 1.82) is 0 Å². The number of carbonyl (C=O) groups excluding carboxylic acids is 1. The molecular weight excluding hydrogens is 180 g/mol. The monoisotopic (exact) mass is 188 g/mol. The minimum absolute atomic E-state index is 0.0780. The highest BCUT2D eigenvalue weighted by Crippen LogP contribution is 1.83. The summed E-state index contributed by atoms with van der Waals surface area (Å²) >= 11 is 3.21. The van der Waals surface area contributed by atoms with Crippen LogP contribution >= 0.6 is 15.9 Å². The Labute approximate surface area is 63.6 Å². The first-order valence-electron chi connectivity index (χ1n) is 2.67. The smallest absolute Gasteiger partial charge is 0.152 e. The highest BCUT2D eigenvalue weighted by molar-refractivity contribution is 9.09. The lowest BCUT2D eigenvalue weighted by molar-refractivity contribution is -0.112. The van der Waals surface area contributed by atoms with Crippen molar-refractivity contribution in [2.24, 2.45) is 0 Å². The Morgan fingerprint density at radius 1 is 1.56 bits per heavy atom. The van der Waals surface area contributed by atoms with Crippen molar-refractivity contribution in [1.82, 2.24) is 0 Å². The zero-order chi connectivity index (χ0) is 7.11. The lowest BCUT2D eigenvalue weighted by Crippen LogP contribution is -1.77. The molecule has 0 aliphatic heterocycles. The molecule has 0 saturated carbocycles. The van der Waals surface area contributed by atoms with Gasteiger partial charge in [-0.15, -0.1) is 0 Å². The average Bonchev–Trinajstić information content (AvgIpc) is 1.80. The van der Waals surface area contributed by atoms with Crippen LogP contribution in [-0.2, 0) is 4.79 Å². The molecule has 0 spiro atoms. The van der Waals surface area contributed by atoms with Crippen LogP contribution in [0.2, 0.25) is 0 Å². The molecule has 0 aliphatic rings. The summed E-state index contributed by atoms with van der Waals surface area (Å²) in [6, 6.07) is 0. The first-order valence-corrected chi connectivity index (χ1v) is 3.79. The molecule has 0 rings (SSSR count). The van der Waals surface area contributed by atoms with E-state index in [4.69, 9.17) is 0 Å². The SMILES string of the molecule is CC(=O)C=CC=CCBr. The Balaban J connectivity index is 3.47. The van der Waals surface area contributed by atoms with E-state index in [0.717, 1.165) is 5.33 Å². The van der Waals surface area contributed by atoms with Gasteiger partial charge in [-0.25, -0.2) is 0 Å². The Morgan fingerprint density at radius 3 is 2.67 bits per heavy atom. The molecule has 0 aromatic carbocycles. The first kappa shape index (κ1) is 8.63. The van der Waals surface area contributed by atoms with Crippen molar-refractivity contribution in [3.8, 4) is 0 Å². The molecule has 0 bridgehead atoms. The van der Waals surface area contributed by atoms with Crippen LogP contribution in [0.25, 0.3) is 0 Å². The van der Waals surface area contributed by atoms with Crippen molar-refractivity contribution in [3.05, 3.63) is 24.3 Å². The Kier molecular flexibility index (Phi) is 5.52. The van der Waals surface area contributed by atoms with Gasteiger partial charge in [0.2, 0.25) is 0 Å². The fourth-order valence-electron chi connectivity index (χ4n) is 0.321. The van der Waals surface area contributed by atoms with Crippen molar-refractivity contribution >= 4 is 21.7 Å². The van der Waals surface area contributed by atoms with Crippen LogP contribution in [0.3, 0.4) is 0 Å². The van der Waals surface area contributed by atoms with Crippen molar-refractivity contribution in [2.75, 3.05) is 5.33 Å². The summed E-state index contributed by atoms with van der Waals surface area (Å²) in [6.45, 7) is 1.53. The number of ketones is 1. The lowest BCUT2D eigenvalue weighted by atomic mass is 10.4. The fourth-order valence-corrected chi connectivity index (χ4v) is 0.537. The number of halogens is 1. The van der Waals surface area contributed by atoms with Crippen LogP contribution in [0.1, 0.15) is 6.92 Å². The summed E-state index contributed by atoms with van der Waals surface area (Å²) in [5, 5.41) is 0.829. The lowest BCUT2D eigenvalue weighted by Gasteiger charge is -1.74. The van der Waals surface area contributed by atoms with Crippen LogP contribution in [0.4, 0.5) is 0 Å². The Morgan fingerprint density at radius 2 is 2.22 bits per heavy atom. The maximum Gasteiger partial charge on any atom is 0.152 e. The third-order valence-electron chi connectivity index (χ3n) is 0.667. The Hall–Kier alpha value is -0.370. The van der Waals surface area contributed by atoms with E-state index >= 15 is 0 Å². The van der Waals surface area contributed by atoms with Crippen LogP contribution in [0.5, 0.6) is 0 Å². The predicted molar refractivity (Wildman–Crippen MR) is 42.8 cm³/mol. The van der Waals surface area contributed by atoms with E-state index in [2.05, 4.69) is 15.9 Å². The van der Waals surface area contributed by atoms with E-state index < -0.39 is 0 Å². The van der Waals surface area contributed by atoms with E-state index in [0.29, 0.717) is 0 Å². The van der Waals surface area contributed by atoms with Gasteiger partial charge in [-0.1, -0.05) is 34.2 Å². The zero-order valence-corrected chi connectivity index (χ0v) is 6.89. The fraction of sp³-hybridized carbons (Fsp3) is 0.286. The summed E-state index contributed by atoms with van der Waals surface area (Å²) in [5.74, 6) is 0.0780. The Bertz CT molecular complexity index is 136. The highest BCUT2D eigenvalue weighted by Gasteiger charge is 1.75. The van der Waals surface area contributed by atoms with Gasteiger partial charge in [0.05, 0.1) is 0 Å². The average molecular weight is 189 g/mol. The molecule has 0 saturated heterocycles. The summed E-state index contributed by atoms with van der Waals surface area (Å²) in [7, 11) is 0. The van der Waals surface area contributed by atoms with Gasteiger partial charge in [-0.2, -0.15) is 0 Å². The molecule has 0 amide bonds. The molecule has 0 heterocycles. The standard InChI is InChI=1S/C7H9BrO/c1-7(9)5-3-2-4-6-8/h2-5H,6H2,1H3. The summed E-state index contributed by atoms with van der Waals surface area (Å²) in [5.41, 5.74) is 0. The number of alkyl halides is 1. The molecular formula is C7H9BrO. The van der Waals surface area contributed by atoms with Gasteiger partial charge in [0.25, 0.3) is 0 Å². The number of allylic oxidation sites excluding steroid dienone is 4. The van der Waals surface area contributed by atoms with E-state index in [-0.39, 0.29) is 5.78 Å². The third-order valence-corrected chi connectivity index (χ3v) is 1.04. The van der Waals surface area contributed by atoms with Gasteiger partial charge in [0.15, 0.2) is 5.78 Å². The molecule has 0 aliphatic carbocycles. The summed E-state index contributed by atoms with van der Waals surface area (Å²) in [6.07, 6.45) is 7.00. The topological polar surface area (TPSA) is 17.1 Å². The van der Waals surface area contributed by atoms with Gasteiger partial charge in [0.1, 0.15) is 0 Å². The van der Waals surface area contributed by atoms with Crippen LogP contribution < -0.4 is 0 Å². The first-order chi connectivity index (χ1) is 4.27. The van der Waals surface area contributed by atoms with E-state index in [1.165, 1.54) is 13.0 Å². The molecule has 0 unspecified atom stereocenters. The molecule has 1 nitrogen and oxygen atoms in total. The van der Waals surface area contributed by atoms with Gasteiger partial charge in [-0.3, -0.25) is 4.79 Å². The van der Waals surface area contributed by atoms with E-state index in [9.17, 15) is 4.79 Å². The minimum atomic E-state index is 0.0780. The largest absolute Gasteiger partial charge is 0.295 e. The molecule has 50 valence electrons. The van der Waals surface area contributed by atoms with Crippen LogP contribution in [0.15, 0.2) is 24.3 Å². The summed E-state index contributed by atoms with van der Waals surface area (Å²) in [4.78, 5) is 10.3. The highest BCUT2D eigenvalue weighted by atomic mass is 79.9. The van der Waals surface area contributed by atoms with Crippen molar-refractivity contribution < 1.29 is 4.79 Å². The molecule has 0 radical (unpaired) electrons. The van der Waals surface area contributed by atoms with Gasteiger partial charge in [-0.05, 0) is 13.0 Å². The maximum absolute atomic E-state index is 10.3. The summed E-state index contributed by atoms with van der Waals surface area (Å²) < 4.78 is 0. The number of hydrogen-bond acceptors (Lipinski definition) is 1. The molecule has 0 N–H and O–H groups in total. The quantitative estimate of drug-likeness (QED) is 0.377. The molecule has 2 heteroatoms. The van der Waals surface area contributed by atoms with E-state index in [1.54, 1.807) is 6.08 Å². The molecule has 0 aromatic heterocycles. The number of carbonyl (C=O) groups is 1. The van der Waals surface area contributed by atoms with Gasteiger partial charge >= 0.3 is 0 Å². The van der Waals surface area contributed by atoms with Crippen molar-refractivity contribution in [3.63, 3.8) is 0 Å². The minimum Gasteiger partial charge on any atom is -0.295 e. The second kappa shape index (κ2) is 5.76. The zero-order valence-electron chi connectivity index (χ0n) is 5.30.